The summed E-state index contributed by atoms with van der Waals surface area (Å²) < 4.78 is 1.79. The lowest BCUT2D eigenvalue weighted by Crippen LogP contribution is -2.36. The van der Waals surface area contributed by atoms with Gasteiger partial charge < -0.3 is 0 Å². The van der Waals surface area contributed by atoms with Crippen molar-refractivity contribution in [3.05, 3.63) is 11.9 Å². The summed E-state index contributed by atoms with van der Waals surface area (Å²) in [6.45, 7) is 4.44. The molecule has 0 unspecified atom stereocenters. The summed E-state index contributed by atoms with van der Waals surface area (Å²) in [5.41, 5.74) is 1.56. The Bertz CT molecular complexity index is 649. The highest BCUT2D eigenvalue weighted by atomic mass is 32.1. The molecule has 4 nitrogen and oxygen atoms in total. The Morgan fingerprint density at radius 3 is 3.00 bits per heavy atom. The largest absolute Gasteiger partial charge is 0.264 e. The van der Waals surface area contributed by atoms with Gasteiger partial charge in [-0.1, -0.05) is 44.2 Å². The molecular formula is C14H18B2N4S. The van der Waals surface area contributed by atoms with Crippen molar-refractivity contribution < 1.29 is 0 Å². The lowest BCUT2D eigenvalue weighted by atomic mass is 9.46. The maximum Gasteiger partial charge on any atom is 0.264 e. The quantitative estimate of drug-likeness (QED) is 0.796. The molecule has 106 valence electrons. The maximum atomic E-state index is 8.93. The Hall–Kier alpha value is -1.28. The Kier molecular flexibility index (Phi) is 3.83. The highest BCUT2D eigenvalue weighted by Gasteiger charge is 2.44. The van der Waals surface area contributed by atoms with Crippen LogP contribution in [0.4, 0.5) is 0 Å². The minimum Gasteiger partial charge on any atom is -0.222 e. The van der Waals surface area contributed by atoms with Crippen LogP contribution in [0.1, 0.15) is 44.2 Å². The minimum atomic E-state index is 0.164. The first kappa shape index (κ1) is 14.6. The van der Waals surface area contributed by atoms with Crippen LogP contribution in [0.15, 0.2) is 6.20 Å². The Morgan fingerprint density at radius 1 is 1.62 bits per heavy atom. The van der Waals surface area contributed by atoms with Crippen LogP contribution in [0.5, 0.6) is 0 Å². The first-order valence-electron chi connectivity index (χ1n) is 7.56. The molecule has 2 aromatic heterocycles. The van der Waals surface area contributed by atoms with Crippen LogP contribution >= 0.6 is 11.3 Å². The molecule has 21 heavy (non-hydrogen) atoms. The summed E-state index contributed by atoms with van der Waals surface area (Å²) in [5.74, 6) is 2.88. The second kappa shape index (κ2) is 5.49. The smallest absolute Gasteiger partial charge is 0.222 e. The standard InChI is InChI=1S/C14H18B2N4S/c1-3-14(4-5-16(2)9-17)6-10(7-14)11-8-20-13(18-11)21-12(15)19-20/h8,10H,3-7H2,1-2H3. The van der Waals surface area contributed by atoms with Crippen LogP contribution in [0.25, 0.3) is 4.96 Å². The first-order chi connectivity index (χ1) is 10.0. The van der Waals surface area contributed by atoms with Gasteiger partial charge in [0, 0.05) is 11.9 Å². The summed E-state index contributed by atoms with van der Waals surface area (Å²) in [6.07, 6.45) is 7.74. The second-order valence-corrected chi connectivity index (χ2v) is 7.35. The van der Waals surface area contributed by atoms with Crippen molar-refractivity contribution in [2.75, 3.05) is 0 Å². The summed E-state index contributed by atoms with van der Waals surface area (Å²) in [7, 11) is 5.67. The van der Waals surface area contributed by atoms with E-state index < -0.39 is 0 Å². The maximum absolute atomic E-state index is 8.93. The summed E-state index contributed by atoms with van der Waals surface area (Å²) in [4.78, 5) is 6.10. The summed E-state index contributed by atoms with van der Waals surface area (Å²) in [5, 5.41) is 13.1. The van der Waals surface area contributed by atoms with E-state index >= 15 is 0 Å². The molecular weight excluding hydrogens is 278 g/mol. The van der Waals surface area contributed by atoms with Crippen LogP contribution in [-0.4, -0.2) is 29.2 Å². The third-order valence-electron chi connectivity index (χ3n) is 4.93. The van der Waals surface area contributed by atoms with Gasteiger partial charge in [-0.15, -0.1) is 0 Å². The molecule has 0 aliphatic heterocycles. The average molecular weight is 296 g/mol. The summed E-state index contributed by atoms with van der Waals surface area (Å²) >= 11 is 1.43. The fourth-order valence-corrected chi connectivity index (χ4v) is 4.03. The molecule has 0 bridgehead atoms. The number of nitriles is 1. The topological polar surface area (TPSA) is 54.0 Å². The second-order valence-electron chi connectivity index (χ2n) is 6.36. The van der Waals surface area contributed by atoms with E-state index in [-0.39, 0.29) is 6.71 Å². The lowest BCUT2D eigenvalue weighted by Gasteiger charge is -2.47. The fourth-order valence-electron chi connectivity index (χ4n) is 3.38. The van der Waals surface area contributed by atoms with E-state index in [0.717, 1.165) is 23.4 Å². The number of hydrogen-bond donors (Lipinski definition) is 0. The predicted molar refractivity (Wildman–Crippen MR) is 87.6 cm³/mol. The van der Waals surface area contributed by atoms with Gasteiger partial charge in [-0.25, -0.2) is 14.8 Å². The van der Waals surface area contributed by atoms with E-state index in [1.165, 1.54) is 30.6 Å². The SMILES string of the molecule is [B]c1nn2cc(C3CC(CC)(CCB(C)C#N)C3)nc2s1. The molecule has 7 heteroatoms. The van der Waals surface area contributed by atoms with Crippen molar-refractivity contribution in [3.63, 3.8) is 0 Å². The molecule has 1 fully saturated rings. The van der Waals surface area contributed by atoms with Gasteiger partial charge in [0.1, 0.15) is 0 Å². The van der Waals surface area contributed by atoms with Gasteiger partial charge in [0.15, 0.2) is 7.85 Å². The molecule has 2 aromatic rings. The van der Waals surface area contributed by atoms with Crippen LogP contribution in [0.3, 0.4) is 0 Å². The molecule has 0 N–H and O–H groups in total. The normalized spacial score (nSPS) is 24.7. The van der Waals surface area contributed by atoms with Crippen molar-refractivity contribution in [2.24, 2.45) is 5.41 Å². The van der Waals surface area contributed by atoms with E-state index in [1.807, 2.05) is 13.0 Å². The van der Waals surface area contributed by atoms with Gasteiger partial charge in [0.25, 0.3) is 6.71 Å². The predicted octanol–water partition coefficient (Wildman–Crippen LogP) is 2.44. The molecule has 1 aliphatic rings. The van der Waals surface area contributed by atoms with Crippen molar-refractivity contribution in [1.82, 2.24) is 14.6 Å². The fraction of sp³-hybridized carbons (Fsp3) is 0.643. The first-order valence-corrected chi connectivity index (χ1v) is 8.38. The van der Waals surface area contributed by atoms with Gasteiger partial charge in [0.2, 0.25) is 4.96 Å². The van der Waals surface area contributed by atoms with Gasteiger partial charge in [-0.05, 0) is 18.3 Å². The van der Waals surface area contributed by atoms with Crippen LogP contribution in [0, 0.1) is 16.6 Å². The molecule has 0 saturated heterocycles. The zero-order valence-corrected chi connectivity index (χ0v) is 13.4. The molecule has 2 heterocycles. The summed E-state index contributed by atoms with van der Waals surface area (Å²) in [6, 6.07) is 0. The Morgan fingerprint density at radius 2 is 2.38 bits per heavy atom. The molecule has 1 aliphatic carbocycles. The van der Waals surface area contributed by atoms with Crippen molar-refractivity contribution in [3.8, 4) is 5.97 Å². The van der Waals surface area contributed by atoms with Crippen molar-refractivity contribution in [2.45, 2.75) is 51.7 Å². The van der Waals surface area contributed by atoms with E-state index in [1.54, 1.807) is 4.52 Å². The highest BCUT2D eigenvalue weighted by Crippen LogP contribution is 2.55. The minimum absolute atomic E-state index is 0.164. The molecule has 3 rings (SSSR count). The number of hydrogen-bond acceptors (Lipinski definition) is 4. The van der Waals surface area contributed by atoms with E-state index in [4.69, 9.17) is 13.1 Å². The van der Waals surface area contributed by atoms with Gasteiger partial charge in [-0.3, -0.25) is 0 Å². The molecule has 0 aromatic carbocycles. The van der Waals surface area contributed by atoms with E-state index in [9.17, 15) is 0 Å². The third kappa shape index (κ3) is 2.74. The van der Waals surface area contributed by atoms with E-state index in [0.29, 0.717) is 16.2 Å². The molecule has 2 radical (unpaired) electrons. The molecule has 0 amide bonds. The molecule has 0 spiro atoms. The van der Waals surface area contributed by atoms with Gasteiger partial charge in [0.05, 0.1) is 16.8 Å². The lowest BCUT2D eigenvalue weighted by molar-refractivity contribution is 0.0881. The van der Waals surface area contributed by atoms with Gasteiger partial charge >= 0.3 is 0 Å². The zero-order valence-electron chi connectivity index (χ0n) is 12.5. The number of nitrogens with zero attached hydrogens (tertiary/aromatic N) is 4. The molecule has 1 saturated carbocycles. The highest BCUT2D eigenvalue weighted by molar-refractivity contribution is 7.23. The number of fused-ring (bicyclic) bond motifs is 1. The van der Waals surface area contributed by atoms with Gasteiger partial charge in [-0.2, -0.15) is 5.10 Å². The third-order valence-corrected chi connectivity index (χ3v) is 5.68. The van der Waals surface area contributed by atoms with Crippen LogP contribution < -0.4 is 4.91 Å². The monoisotopic (exact) mass is 296 g/mol. The zero-order chi connectivity index (χ0) is 15.0. The van der Waals surface area contributed by atoms with Crippen molar-refractivity contribution in [1.29, 1.82) is 5.26 Å². The average Bonchev–Trinajstić information content (AvgIpc) is 2.94. The van der Waals surface area contributed by atoms with Crippen LogP contribution in [-0.2, 0) is 0 Å². The van der Waals surface area contributed by atoms with Crippen LogP contribution in [0.2, 0.25) is 13.1 Å². The van der Waals surface area contributed by atoms with Crippen molar-refractivity contribution >= 4 is 35.8 Å². The Labute approximate surface area is 131 Å². The van der Waals surface area contributed by atoms with E-state index in [2.05, 4.69) is 23.0 Å². The molecule has 0 atom stereocenters. The number of rotatable bonds is 5. The number of imidazole rings is 1. The Balaban J connectivity index is 1.65. The number of aromatic nitrogens is 3.